The molecule has 23 heavy (non-hydrogen) atoms. The number of carbonyl (C=O) groups excluding carboxylic acids is 1. The van der Waals surface area contributed by atoms with Crippen molar-refractivity contribution < 1.29 is 21.8 Å². The van der Waals surface area contributed by atoms with Crippen molar-refractivity contribution in [3.8, 4) is 0 Å². The smallest absolute Gasteiger partial charge is 0.173 e. The largest absolute Gasteiger partial charge is 1.00 e. The summed E-state index contributed by atoms with van der Waals surface area (Å²) in [6.45, 7) is 6.05. The highest BCUT2D eigenvalue weighted by Gasteiger charge is 2.14. The lowest BCUT2D eigenvalue weighted by Crippen LogP contribution is -3.00. The Labute approximate surface area is 150 Å². The highest BCUT2D eigenvalue weighted by atomic mass is 79.9. The number of nitrogens with zero attached hydrogens (tertiary/aromatic N) is 1. The van der Waals surface area contributed by atoms with Crippen molar-refractivity contribution in [2.24, 2.45) is 0 Å². The molecule has 0 radical (unpaired) electrons. The van der Waals surface area contributed by atoms with E-state index in [1.54, 1.807) is 0 Å². The molecule has 0 unspecified atom stereocenters. The third-order valence-corrected chi connectivity index (χ3v) is 4.54. The van der Waals surface area contributed by atoms with E-state index in [4.69, 9.17) is 0 Å². The molecule has 0 atom stereocenters. The van der Waals surface area contributed by atoms with Gasteiger partial charge in [-0.05, 0) is 44.0 Å². The molecule has 5 heteroatoms. The standard InChI is InChI=1S/C18H18N2OS.BrH/c1-11-8-12(2)17(13(3)9-11)16(21)10-22-18-19-14-6-4-5-7-15(14)20-18;/h4-9H,10H2,1-3H3,(H,19,20);1H/p-1. The molecule has 0 fully saturated rings. The number of rotatable bonds is 4. The van der Waals surface area contributed by atoms with Crippen LogP contribution in [-0.4, -0.2) is 21.5 Å². The molecule has 0 aliphatic rings. The molecule has 3 aromatic rings. The van der Waals surface area contributed by atoms with Crippen molar-refractivity contribution in [1.82, 2.24) is 9.97 Å². The van der Waals surface area contributed by atoms with Crippen LogP contribution in [-0.2, 0) is 0 Å². The second kappa shape index (κ2) is 7.32. The minimum absolute atomic E-state index is 0. The predicted molar refractivity (Wildman–Crippen MR) is 91.8 cm³/mol. The summed E-state index contributed by atoms with van der Waals surface area (Å²) in [6, 6.07) is 12.0. The Morgan fingerprint density at radius 2 is 1.78 bits per heavy atom. The van der Waals surface area contributed by atoms with Gasteiger partial charge in [-0.1, -0.05) is 41.6 Å². The van der Waals surface area contributed by atoms with E-state index in [2.05, 4.69) is 29.0 Å². The van der Waals surface area contributed by atoms with E-state index in [-0.39, 0.29) is 22.8 Å². The summed E-state index contributed by atoms with van der Waals surface area (Å²) in [4.78, 5) is 20.3. The van der Waals surface area contributed by atoms with Gasteiger partial charge < -0.3 is 22.0 Å². The number of fused-ring (bicyclic) bond motifs is 1. The van der Waals surface area contributed by atoms with Crippen LogP contribution in [0.15, 0.2) is 41.6 Å². The maximum atomic E-state index is 12.5. The SMILES string of the molecule is Cc1cc(C)c(C(=O)CSc2nc3ccccc3[nH]2)c(C)c1.[Br-]. The Morgan fingerprint density at radius 3 is 2.43 bits per heavy atom. The molecule has 120 valence electrons. The molecule has 0 bridgehead atoms. The van der Waals surface area contributed by atoms with Gasteiger partial charge in [0.1, 0.15) is 0 Å². The highest BCUT2D eigenvalue weighted by molar-refractivity contribution is 7.99. The quantitative estimate of drug-likeness (QED) is 0.542. The zero-order valence-corrected chi connectivity index (χ0v) is 15.7. The molecule has 2 aromatic carbocycles. The zero-order chi connectivity index (χ0) is 15.7. The average Bonchev–Trinajstić information content (AvgIpc) is 2.86. The second-order valence-corrected chi connectivity index (χ2v) is 6.51. The predicted octanol–water partition coefficient (Wildman–Crippen LogP) is 1.47. The number of carbonyl (C=O) groups is 1. The van der Waals surface area contributed by atoms with Gasteiger partial charge in [0.05, 0.1) is 16.8 Å². The van der Waals surface area contributed by atoms with Crippen molar-refractivity contribution in [1.29, 1.82) is 0 Å². The van der Waals surface area contributed by atoms with Crippen LogP contribution in [0.25, 0.3) is 11.0 Å². The first-order valence-corrected chi connectivity index (χ1v) is 8.22. The van der Waals surface area contributed by atoms with Gasteiger partial charge in [0.15, 0.2) is 10.9 Å². The number of nitrogens with one attached hydrogen (secondary N) is 1. The molecule has 0 saturated carbocycles. The molecule has 0 aliphatic carbocycles. The van der Waals surface area contributed by atoms with Gasteiger partial charge in [-0.25, -0.2) is 4.98 Å². The fourth-order valence-electron chi connectivity index (χ4n) is 2.82. The average molecular weight is 390 g/mol. The van der Waals surface area contributed by atoms with Crippen LogP contribution in [0.5, 0.6) is 0 Å². The molecule has 1 N–H and O–H groups in total. The van der Waals surface area contributed by atoms with Gasteiger partial charge in [0.2, 0.25) is 0 Å². The summed E-state index contributed by atoms with van der Waals surface area (Å²) in [6.07, 6.45) is 0. The van der Waals surface area contributed by atoms with Gasteiger partial charge >= 0.3 is 0 Å². The maximum Gasteiger partial charge on any atom is 0.173 e. The summed E-state index contributed by atoms with van der Waals surface area (Å²) in [7, 11) is 0. The van der Waals surface area contributed by atoms with E-state index in [1.807, 2.05) is 38.1 Å². The maximum absolute atomic E-state index is 12.5. The highest BCUT2D eigenvalue weighted by Crippen LogP contribution is 2.23. The Morgan fingerprint density at radius 1 is 1.13 bits per heavy atom. The minimum atomic E-state index is 0. The number of Topliss-reactive ketones (excluding diaryl/α,β-unsaturated/α-hetero) is 1. The molecule has 1 heterocycles. The van der Waals surface area contributed by atoms with Crippen LogP contribution in [0.2, 0.25) is 0 Å². The topological polar surface area (TPSA) is 45.8 Å². The number of para-hydroxylation sites is 2. The lowest BCUT2D eigenvalue weighted by atomic mass is 9.97. The van der Waals surface area contributed by atoms with E-state index < -0.39 is 0 Å². The number of imidazole rings is 1. The van der Waals surface area contributed by atoms with Crippen LogP contribution in [0, 0.1) is 20.8 Å². The number of aromatic nitrogens is 2. The number of aromatic amines is 1. The number of aryl methyl sites for hydroxylation is 3. The molecular weight excluding hydrogens is 372 g/mol. The number of hydrogen-bond acceptors (Lipinski definition) is 3. The van der Waals surface area contributed by atoms with Crippen molar-refractivity contribution in [3.05, 3.63) is 58.7 Å². The van der Waals surface area contributed by atoms with Crippen LogP contribution in [0.3, 0.4) is 0 Å². The molecule has 0 amide bonds. The summed E-state index contributed by atoms with van der Waals surface area (Å²) >= 11 is 1.45. The molecule has 0 aliphatic heterocycles. The van der Waals surface area contributed by atoms with Gasteiger partial charge in [0.25, 0.3) is 0 Å². The number of ketones is 1. The summed E-state index contributed by atoms with van der Waals surface area (Å²) in [5.74, 6) is 0.547. The summed E-state index contributed by atoms with van der Waals surface area (Å²) in [5.41, 5.74) is 6.06. The first-order chi connectivity index (χ1) is 10.5. The van der Waals surface area contributed by atoms with Crippen molar-refractivity contribution in [3.63, 3.8) is 0 Å². The van der Waals surface area contributed by atoms with E-state index in [0.29, 0.717) is 5.75 Å². The molecule has 0 saturated heterocycles. The lowest BCUT2D eigenvalue weighted by molar-refractivity contribution is -0.0000127. The zero-order valence-electron chi connectivity index (χ0n) is 13.3. The van der Waals surface area contributed by atoms with E-state index in [9.17, 15) is 4.79 Å². The Kier molecular flexibility index (Phi) is 5.65. The van der Waals surface area contributed by atoms with Crippen LogP contribution < -0.4 is 17.0 Å². The summed E-state index contributed by atoms with van der Waals surface area (Å²) < 4.78 is 0. The summed E-state index contributed by atoms with van der Waals surface area (Å²) in [5, 5.41) is 0.789. The normalized spacial score (nSPS) is 10.6. The third-order valence-electron chi connectivity index (χ3n) is 3.66. The second-order valence-electron chi connectivity index (χ2n) is 5.54. The third kappa shape index (κ3) is 3.85. The first-order valence-electron chi connectivity index (χ1n) is 7.23. The monoisotopic (exact) mass is 389 g/mol. The van der Waals surface area contributed by atoms with Crippen molar-refractivity contribution >= 4 is 28.6 Å². The van der Waals surface area contributed by atoms with Gasteiger partial charge in [-0.2, -0.15) is 0 Å². The van der Waals surface area contributed by atoms with Gasteiger partial charge in [-0.15, -0.1) is 0 Å². The Bertz CT molecular complexity index is 801. The number of thioether (sulfide) groups is 1. The van der Waals surface area contributed by atoms with Crippen molar-refractivity contribution in [2.75, 3.05) is 5.75 Å². The van der Waals surface area contributed by atoms with E-state index in [0.717, 1.165) is 32.9 Å². The van der Waals surface area contributed by atoms with E-state index >= 15 is 0 Å². The molecular formula is C18H18BrN2OS-. The number of halogens is 1. The first kappa shape index (κ1) is 17.8. The van der Waals surface area contributed by atoms with Crippen molar-refractivity contribution in [2.45, 2.75) is 25.9 Å². The number of benzene rings is 2. The molecule has 0 spiro atoms. The van der Waals surface area contributed by atoms with E-state index in [1.165, 1.54) is 17.3 Å². The molecule has 1 aromatic heterocycles. The number of hydrogen-bond donors (Lipinski definition) is 1. The fraction of sp³-hybridized carbons (Fsp3) is 0.222. The number of H-pyrrole nitrogens is 1. The fourth-order valence-corrected chi connectivity index (χ4v) is 3.58. The lowest BCUT2D eigenvalue weighted by Gasteiger charge is -2.09. The van der Waals surface area contributed by atoms with Crippen LogP contribution >= 0.6 is 11.8 Å². The van der Waals surface area contributed by atoms with Crippen LogP contribution in [0.4, 0.5) is 0 Å². The van der Waals surface area contributed by atoms with Gasteiger partial charge in [-0.3, -0.25) is 4.79 Å². The molecule has 3 nitrogen and oxygen atoms in total. The Balaban J connectivity index is 0.00000192. The molecule has 3 rings (SSSR count). The Hall–Kier alpha value is -1.59. The van der Waals surface area contributed by atoms with Crippen LogP contribution in [0.1, 0.15) is 27.0 Å². The minimum Gasteiger partial charge on any atom is -1.00 e. The van der Waals surface area contributed by atoms with Gasteiger partial charge in [0, 0.05) is 5.56 Å².